The van der Waals surface area contributed by atoms with Gasteiger partial charge < -0.3 is 0 Å². The minimum atomic E-state index is 0.444. The highest BCUT2D eigenvalue weighted by Crippen LogP contribution is 2.32. The molecule has 0 saturated heterocycles. The maximum absolute atomic E-state index is 2.31. The normalized spacial score (nSPS) is 21.5. The summed E-state index contributed by atoms with van der Waals surface area (Å²) in [7, 11) is 0. The molecule has 13 heavy (non-hydrogen) atoms. The van der Waals surface area contributed by atoms with Crippen LogP contribution in [0.2, 0.25) is 0 Å². The summed E-state index contributed by atoms with van der Waals surface area (Å²) in [5.74, 6) is 3.13. The van der Waals surface area contributed by atoms with Crippen molar-refractivity contribution in [3.63, 3.8) is 0 Å². The van der Waals surface area contributed by atoms with E-state index in [1.165, 1.54) is 44.3 Å². The predicted octanol–water partition coefficient (Wildman–Crippen LogP) is 4.45. The Morgan fingerprint density at radius 1 is 1.00 bits per heavy atom. The molecule has 1 aliphatic rings. The predicted molar refractivity (Wildman–Crippen MR) is 63.2 cm³/mol. The van der Waals surface area contributed by atoms with Crippen LogP contribution < -0.4 is 0 Å². The lowest BCUT2D eigenvalue weighted by Gasteiger charge is -2.21. The Kier molecular flexibility index (Phi) is 4.64. The highest BCUT2D eigenvalue weighted by molar-refractivity contribution is 8.00. The van der Waals surface area contributed by atoms with Gasteiger partial charge in [-0.15, -0.1) is 0 Å². The van der Waals surface area contributed by atoms with Crippen LogP contribution in [0.25, 0.3) is 0 Å². The van der Waals surface area contributed by atoms with Crippen LogP contribution in [0.5, 0.6) is 0 Å². The third-order valence-electron chi connectivity index (χ3n) is 2.52. The van der Waals surface area contributed by atoms with E-state index in [2.05, 4.69) is 32.5 Å². The average Bonchev–Trinajstić information content (AvgIpc) is 2.26. The van der Waals surface area contributed by atoms with Crippen LogP contribution in [0, 0.1) is 5.92 Å². The van der Waals surface area contributed by atoms with E-state index in [1.807, 2.05) is 5.92 Å². The Morgan fingerprint density at radius 2 is 1.54 bits per heavy atom. The van der Waals surface area contributed by atoms with Gasteiger partial charge in [0.25, 0.3) is 0 Å². The lowest BCUT2D eigenvalue weighted by atomic mass is 10.0. The molecule has 77 valence electrons. The van der Waals surface area contributed by atoms with Crippen molar-refractivity contribution in [2.75, 3.05) is 5.75 Å². The lowest BCUT2D eigenvalue weighted by molar-refractivity contribution is 0.702. The lowest BCUT2D eigenvalue weighted by Crippen LogP contribution is -2.11. The fraction of sp³-hybridized carbons (Fsp3) is 0.917. The van der Waals surface area contributed by atoms with Gasteiger partial charge in [0.1, 0.15) is 0 Å². The monoisotopic (exact) mass is 199 g/mol. The molecule has 0 aromatic rings. The molecule has 0 nitrogen and oxygen atoms in total. The van der Waals surface area contributed by atoms with Crippen LogP contribution >= 0.6 is 11.8 Å². The molecule has 1 fully saturated rings. The van der Waals surface area contributed by atoms with Crippen LogP contribution in [0.4, 0.5) is 0 Å². The first-order chi connectivity index (χ1) is 6.08. The molecule has 0 aliphatic heterocycles. The van der Waals surface area contributed by atoms with Gasteiger partial charge in [-0.2, -0.15) is 11.8 Å². The average molecular weight is 199 g/mol. The first-order valence-electron chi connectivity index (χ1n) is 5.55. The molecule has 0 heterocycles. The molecule has 1 aliphatic carbocycles. The van der Waals surface area contributed by atoms with E-state index >= 15 is 0 Å². The molecule has 1 heteroatoms. The minimum Gasteiger partial charge on any atom is -0.155 e. The van der Waals surface area contributed by atoms with Gasteiger partial charge in [-0.25, -0.2) is 0 Å². The van der Waals surface area contributed by atoms with Gasteiger partial charge in [-0.3, -0.25) is 0 Å². The zero-order valence-corrected chi connectivity index (χ0v) is 10.2. The van der Waals surface area contributed by atoms with E-state index in [0.29, 0.717) is 4.75 Å². The van der Waals surface area contributed by atoms with Gasteiger partial charge in [-0.1, -0.05) is 46.5 Å². The largest absolute Gasteiger partial charge is 0.155 e. The Labute approximate surface area is 87.9 Å². The van der Waals surface area contributed by atoms with E-state index in [0.717, 1.165) is 0 Å². The summed E-state index contributed by atoms with van der Waals surface area (Å²) in [5, 5.41) is 0. The molecule has 1 rings (SSSR count). The first kappa shape index (κ1) is 11.4. The fourth-order valence-corrected chi connectivity index (χ4v) is 2.62. The third kappa shape index (κ3) is 5.61. The van der Waals surface area contributed by atoms with Crippen LogP contribution in [-0.4, -0.2) is 10.5 Å². The molecule has 0 aromatic carbocycles. The zero-order valence-electron chi connectivity index (χ0n) is 9.36. The van der Waals surface area contributed by atoms with Crippen LogP contribution in [-0.2, 0) is 0 Å². The van der Waals surface area contributed by atoms with Crippen LogP contribution in [0.15, 0.2) is 0 Å². The van der Waals surface area contributed by atoms with Crippen molar-refractivity contribution in [3.8, 4) is 0 Å². The van der Waals surface area contributed by atoms with E-state index < -0.39 is 0 Å². The van der Waals surface area contributed by atoms with Crippen molar-refractivity contribution in [3.05, 3.63) is 5.92 Å². The second-order valence-corrected chi connectivity index (χ2v) is 6.87. The summed E-state index contributed by atoms with van der Waals surface area (Å²) >= 11 is 2.11. The van der Waals surface area contributed by atoms with Crippen molar-refractivity contribution < 1.29 is 0 Å². The van der Waals surface area contributed by atoms with Crippen molar-refractivity contribution in [1.29, 1.82) is 0 Å². The molecule has 0 bridgehead atoms. The van der Waals surface area contributed by atoms with E-state index in [4.69, 9.17) is 0 Å². The molecule has 0 atom stereocenters. The summed E-state index contributed by atoms with van der Waals surface area (Å²) in [4.78, 5) is 0. The Bertz CT molecular complexity index is 127. The Morgan fingerprint density at radius 3 is 2.00 bits per heavy atom. The second kappa shape index (κ2) is 5.29. The van der Waals surface area contributed by atoms with Gasteiger partial charge in [-0.05, 0) is 18.8 Å². The molecular formula is C12H23S. The van der Waals surface area contributed by atoms with Gasteiger partial charge in [0.05, 0.1) is 0 Å². The standard InChI is InChI=1S/C12H23S/c1-12(2,3)13-10-11-8-6-4-5-7-9-11/h4-10H2,1-3H3. The molecule has 1 saturated carbocycles. The number of hydrogen-bond acceptors (Lipinski definition) is 1. The summed E-state index contributed by atoms with van der Waals surface area (Å²) in [6, 6.07) is 0. The highest BCUT2D eigenvalue weighted by Gasteiger charge is 2.17. The topological polar surface area (TPSA) is 0 Å². The van der Waals surface area contributed by atoms with E-state index in [9.17, 15) is 0 Å². The fourth-order valence-electron chi connectivity index (χ4n) is 1.69. The maximum atomic E-state index is 2.31. The molecular weight excluding hydrogens is 176 g/mol. The van der Waals surface area contributed by atoms with Crippen molar-refractivity contribution in [2.24, 2.45) is 0 Å². The second-order valence-electron chi connectivity index (χ2n) is 5.07. The molecule has 0 amide bonds. The maximum Gasteiger partial charge on any atom is 0.00753 e. The van der Waals surface area contributed by atoms with Crippen molar-refractivity contribution in [1.82, 2.24) is 0 Å². The van der Waals surface area contributed by atoms with E-state index in [1.54, 1.807) is 0 Å². The highest BCUT2D eigenvalue weighted by atomic mass is 32.2. The zero-order chi connectivity index (χ0) is 9.73. The number of hydrogen-bond donors (Lipinski definition) is 0. The smallest absolute Gasteiger partial charge is 0.00753 e. The minimum absolute atomic E-state index is 0.444. The summed E-state index contributed by atoms with van der Waals surface area (Å²) in [6.07, 6.45) is 8.62. The summed E-state index contributed by atoms with van der Waals surface area (Å²) < 4.78 is 0.444. The Balaban J connectivity index is 2.19. The van der Waals surface area contributed by atoms with E-state index in [-0.39, 0.29) is 0 Å². The molecule has 0 unspecified atom stereocenters. The summed E-state index contributed by atoms with van der Waals surface area (Å²) in [6.45, 7) is 6.94. The molecule has 1 radical (unpaired) electrons. The molecule has 0 N–H and O–H groups in total. The molecule has 0 spiro atoms. The SMILES string of the molecule is CC(C)(C)SC[C]1CCCCCC1. The van der Waals surface area contributed by atoms with Gasteiger partial charge in [0, 0.05) is 10.5 Å². The summed E-state index contributed by atoms with van der Waals surface area (Å²) in [5.41, 5.74) is 0. The van der Waals surface area contributed by atoms with Crippen LogP contribution in [0.3, 0.4) is 0 Å². The van der Waals surface area contributed by atoms with Crippen molar-refractivity contribution in [2.45, 2.75) is 64.0 Å². The number of thioether (sulfide) groups is 1. The third-order valence-corrected chi connectivity index (χ3v) is 3.94. The Hall–Kier alpha value is 0.350. The van der Waals surface area contributed by atoms with Gasteiger partial charge in [0.15, 0.2) is 0 Å². The van der Waals surface area contributed by atoms with Crippen LogP contribution in [0.1, 0.15) is 59.3 Å². The molecule has 0 aromatic heterocycles. The van der Waals surface area contributed by atoms with Gasteiger partial charge in [0.2, 0.25) is 0 Å². The quantitative estimate of drug-likeness (QED) is 0.592. The number of rotatable bonds is 2. The van der Waals surface area contributed by atoms with Crippen molar-refractivity contribution >= 4 is 11.8 Å². The van der Waals surface area contributed by atoms with Gasteiger partial charge >= 0.3 is 0 Å². The first-order valence-corrected chi connectivity index (χ1v) is 6.54.